The lowest BCUT2D eigenvalue weighted by Crippen LogP contribution is -2.41. The summed E-state index contributed by atoms with van der Waals surface area (Å²) in [5.41, 5.74) is 1.87. The third-order valence-electron chi connectivity index (χ3n) is 4.21. The number of nitrogens with zero attached hydrogens (tertiary/aromatic N) is 1. The molecule has 0 unspecified atom stereocenters. The third kappa shape index (κ3) is 4.02. The Labute approximate surface area is 142 Å². The van der Waals surface area contributed by atoms with E-state index in [4.69, 9.17) is 0 Å². The van der Waals surface area contributed by atoms with E-state index in [1.807, 2.05) is 60.7 Å². The van der Waals surface area contributed by atoms with Crippen LogP contribution in [0.1, 0.15) is 29.9 Å². The number of amides is 2. The molecule has 0 radical (unpaired) electrons. The second-order valence-corrected chi connectivity index (χ2v) is 6.29. The van der Waals surface area contributed by atoms with Crippen LogP contribution in [0, 0.1) is 0 Å². The van der Waals surface area contributed by atoms with E-state index in [0.717, 1.165) is 24.0 Å². The predicted octanol–water partition coefficient (Wildman–Crippen LogP) is 2.56. The topological polar surface area (TPSA) is 49.4 Å². The lowest BCUT2D eigenvalue weighted by Gasteiger charge is -2.24. The van der Waals surface area contributed by atoms with Crippen molar-refractivity contribution >= 4 is 11.8 Å². The van der Waals surface area contributed by atoms with E-state index in [2.05, 4.69) is 5.32 Å². The Morgan fingerprint density at radius 2 is 1.50 bits per heavy atom. The monoisotopic (exact) mass is 322 g/mol. The summed E-state index contributed by atoms with van der Waals surface area (Å²) in [5, 5.41) is 2.93. The molecule has 24 heavy (non-hydrogen) atoms. The van der Waals surface area contributed by atoms with E-state index in [1.165, 1.54) is 4.90 Å². The van der Waals surface area contributed by atoms with Crippen molar-refractivity contribution in [2.45, 2.75) is 24.8 Å². The highest BCUT2D eigenvalue weighted by Gasteiger charge is 2.28. The highest BCUT2D eigenvalue weighted by molar-refractivity contribution is 5.90. The van der Waals surface area contributed by atoms with Crippen LogP contribution in [0.15, 0.2) is 60.7 Å². The Morgan fingerprint density at radius 3 is 1.96 bits per heavy atom. The molecular weight excluding hydrogens is 300 g/mol. The Morgan fingerprint density at radius 1 is 1.00 bits per heavy atom. The van der Waals surface area contributed by atoms with Crippen LogP contribution in [-0.4, -0.2) is 36.3 Å². The van der Waals surface area contributed by atoms with Crippen LogP contribution in [0.2, 0.25) is 0 Å². The number of rotatable bonds is 6. The minimum absolute atomic E-state index is 0.0710. The van der Waals surface area contributed by atoms with Crippen molar-refractivity contribution in [3.8, 4) is 0 Å². The second-order valence-electron chi connectivity index (χ2n) is 6.29. The van der Waals surface area contributed by atoms with Crippen LogP contribution < -0.4 is 5.32 Å². The average molecular weight is 322 g/mol. The molecule has 2 aromatic rings. The molecule has 4 nitrogen and oxygen atoms in total. The highest BCUT2D eigenvalue weighted by atomic mass is 16.2. The first-order chi connectivity index (χ1) is 11.6. The van der Waals surface area contributed by atoms with Crippen LogP contribution >= 0.6 is 0 Å². The lowest BCUT2D eigenvalue weighted by atomic mass is 9.90. The molecule has 1 aliphatic rings. The first-order valence-electron chi connectivity index (χ1n) is 8.29. The number of nitrogens with one attached hydrogen (secondary N) is 1. The summed E-state index contributed by atoms with van der Waals surface area (Å²) < 4.78 is 0. The molecule has 2 aromatic carbocycles. The maximum Gasteiger partial charge on any atom is 0.239 e. The quantitative estimate of drug-likeness (QED) is 0.888. The second kappa shape index (κ2) is 7.30. The maximum absolute atomic E-state index is 13.0. The summed E-state index contributed by atoms with van der Waals surface area (Å²) in [4.78, 5) is 26.5. The van der Waals surface area contributed by atoms with Crippen molar-refractivity contribution < 1.29 is 9.59 Å². The summed E-state index contributed by atoms with van der Waals surface area (Å²) in [7, 11) is 1.69. The Kier molecular flexibility index (Phi) is 4.94. The molecule has 4 heteroatoms. The van der Waals surface area contributed by atoms with Gasteiger partial charge in [0.15, 0.2) is 0 Å². The molecule has 0 aromatic heterocycles. The Bertz CT molecular complexity index is 657. The smallest absolute Gasteiger partial charge is 0.239 e. The van der Waals surface area contributed by atoms with Gasteiger partial charge in [-0.2, -0.15) is 0 Å². The van der Waals surface area contributed by atoms with Crippen LogP contribution in [-0.2, 0) is 9.59 Å². The number of likely N-dealkylation sites (N-methyl/N-ethyl adjacent to an activating group) is 1. The molecule has 0 aliphatic heterocycles. The SMILES string of the molecule is CN(CC(=O)NC1CC1)C(=O)C(c1ccccc1)c1ccccc1. The number of benzene rings is 2. The van der Waals surface area contributed by atoms with Gasteiger partial charge in [0.25, 0.3) is 0 Å². The molecule has 1 aliphatic carbocycles. The zero-order valence-electron chi connectivity index (χ0n) is 13.8. The minimum atomic E-state index is -0.397. The molecule has 124 valence electrons. The molecule has 0 spiro atoms. The fourth-order valence-corrected chi connectivity index (χ4v) is 2.78. The number of hydrogen-bond acceptors (Lipinski definition) is 2. The van der Waals surface area contributed by atoms with Crippen molar-refractivity contribution in [3.63, 3.8) is 0 Å². The van der Waals surface area contributed by atoms with Gasteiger partial charge in [-0.05, 0) is 24.0 Å². The number of hydrogen-bond donors (Lipinski definition) is 1. The van der Waals surface area contributed by atoms with Crippen molar-refractivity contribution in [3.05, 3.63) is 71.8 Å². The van der Waals surface area contributed by atoms with E-state index >= 15 is 0 Å². The molecule has 0 heterocycles. The zero-order chi connectivity index (χ0) is 16.9. The van der Waals surface area contributed by atoms with Crippen LogP contribution in [0.5, 0.6) is 0 Å². The summed E-state index contributed by atoms with van der Waals surface area (Å²) in [6.45, 7) is 0.0888. The van der Waals surface area contributed by atoms with Crippen molar-refractivity contribution in [2.75, 3.05) is 13.6 Å². The van der Waals surface area contributed by atoms with Crippen molar-refractivity contribution in [1.29, 1.82) is 0 Å². The first kappa shape index (κ1) is 16.2. The maximum atomic E-state index is 13.0. The molecule has 3 rings (SSSR count). The van der Waals surface area contributed by atoms with E-state index in [0.29, 0.717) is 6.04 Å². The Hall–Kier alpha value is -2.62. The molecule has 1 N–H and O–H groups in total. The summed E-state index contributed by atoms with van der Waals surface area (Å²) in [6, 6.07) is 19.7. The van der Waals surface area contributed by atoms with Gasteiger partial charge in [0.05, 0.1) is 12.5 Å². The van der Waals surface area contributed by atoms with Crippen LogP contribution in [0.25, 0.3) is 0 Å². The highest BCUT2D eigenvalue weighted by Crippen LogP contribution is 2.26. The summed E-state index contributed by atoms with van der Waals surface area (Å²) >= 11 is 0. The van der Waals surface area contributed by atoms with Gasteiger partial charge >= 0.3 is 0 Å². The van der Waals surface area contributed by atoms with Gasteiger partial charge in [-0.3, -0.25) is 9.59 Å². The van der Waals surface area contributed by atoms with Crippen molar-refractivity contribution in [2.24, 2.45) is 0 Å². The predicted molar refractivity (Wildman–Crippen MR) is 93.5 cm³/mol. The normalized spacial score (nSPS) is 13.6. The van der Waals surface area contributed by atoms with Gasteiger partial charge in [0, 0.05) is 13.1 Å². The van der Waals surface area contributed by atoms with E-state index < -0.39 is 5.92 Å². The fraction of sp³-hybridized carbons (Fsp3) is 0.300. The summed E-state index contributed by atoms with van der Waals surface area (Å²) in [6.07, 6.45) is 2.08. The summed E-state index contributed by atoms with van der Waals surface area (Å²) in [5.74, 6) is -0.558. The molecule has 0 saturated heterocycles. The first-order valence-corrected chi connectivity index (χ1v) is 8.29. The van der Waals surface area contributed by atoms with E-state index in [1.54, 1.807) is 7.05 Å². The van der Waals surface area contributed by atoms with Gasteiger partial charge in [0.2, 0.25) is 11.8 Å². The van der Waals surface area contributed by atoms with Gasteiger partial charge in [-0.15, -0.1) is 0 Å². The van der Waals surface area contributed by atoms with Crippen LogP contribution in [0.4, 0.5) is 0 Å². The van der Waals surface area contributed by atoms with Gasteiger partial charge in [0.1, 0.15) is 0 Å². The average Bonchev–Trinajstić information content (AvgIpc) is 3.40. The lowest BCUT2D eigenvalue weighted by molar-refractivity contribution is -0.135. The van der Waals surface area contributed by atoms with E-state index in [-0.39, 0.29) is 18.4 Å². The fourth-order valence-electron chi connectivity index (χ4n) is 2.78. The Balaban J connectivity index is 1.79. The minimum Gasteiger partial charge on any atom is -0.352 e. The zero-order valence-corrected chi connectivity index (χ0v) is 13.8. The van der Waals surface area contributed by atoms with Crippen molar-refractivity contribution in [1.82, 2.24) is 10.2 Å². The van der Waals surface area contributed by atoms with Crippen LogP contribution in [0.3, 0.4) is 0 Å². The van der Waals surface area contributed by atoms with Gasteiger partial charge < -0.3 is 10.2 Å². The standard InChI is InChI=1S/C20H22N2O2/c1-22(14-18(23)21-17-12-13-17)20(24)19(15-8-4-2-5-9-15)16-10-6-3-7-11-16/h2-11,17,19H,12-14H2,1H3,(H,21,23). The largest absolute Gasteiger partial charge is 0.352 e. The molecule has 0 atom stereocenters. The van der Waals surface area contributed by atoms with E-state index in [9.17, 15) is 9.59 Å². The molecule has 1 saturated carbocycles. The number of carbonyl (C=O) groups excluding carboxylic acids is 2. The number of carbonyl (C=O) groups is 2. The molecule has 1 fully saturated rings. The molecule has 2 amide bonds. The molecular formula is C20H22N2O2. The van der Waals surface area contributed by atoms with Gasteiger partial charge in [-0.1, -0.05) is 60.7 Å². The van der Waals surface area contributed by atoms with Gasteiger partial charge in [-0.25, -0.2) is 0 Å². The third-order valence-corrected chi connectivity index (χ3v) is 4.21. The molecule has 0 bridgehead atoms.